The lowest BCUT2D eigenvalue weighted by Crippen LogP contribution is -2.27. The van der Waals surface area contributed by atoms with E-state index >= 15 is 0 Å². The first-order valence-electron chi connectivity index (χ1n) is 8.26. The molecule has 1 aliphatic rings. The molecule has 2 aromatic rings. The van der Waals surface area contributed by atoms with Crippen LogP contribution in [0, 0.1) is 0 Å². The predicted octanol–water partition coefficient (Wildman–Crippen LogP) is 1.79. The number of rotatable bonds is 6. The molecule has 1 unspecified atom stereocenters. The number of ether oxygens (including phenoxy) is 2. The zero-order valence-electron chi connectivity index (χ0n) is 14.9. The maximum absolute atomic E-state index is 12.4. The largest absolute Gasteiger partial charge is 0.486 e. The number of fused-ring (bicyclic) bond motifs is 1. The van der Waals surface area contributed by atoms with Crippen molar-refractivity contribution in [2.24, 2.45) is 0 Å². The molecule has 9 heteroatoms. The van der Waals surface area contributed by atoms with Gasteiger partial charge in [-0.15, -0.1) is 0 Å². The summed E-state index contributed by atoms with van der Waals surface area (Å²) in [7, 11) is -2.55. The van der Waals surface area contributed by atoms with Crippen molar-refractivity contribution in [1.29, 1.82) is 0 Å². The average Bonchev–Trinajstić information content (AvgIpc) is 2.67. The summed E-state index contributed by atoms with van der Waals surface area (Å²) >= 11 is 0. The molecule has 1 heterocycles. The third kappa shape index (κ3) is 4.38. The Bertz CT molecular complexity index is 927. The molecule has 0 aliphatic carbocycles. The number of sulfonamides is 1. The summed E-state index contributed by atoms with van der Waals surface area (Å²) in [5, 5.41) is 2.88. The van der Waals surface area contributed by atoms with E-state index in [9.17, 15) is 13.2 Å². The van der Waals surface area contributed by atoms with Crippen LogP contribution in [0.5, 0.6) is 11.5 Å². The summed E-state index contributed by atoms with van der Waals surface area (Å²) in [6.07, 6.45) is 0. The quantitative estimate of drug-likeness (QED) is 0.727. The first kappa shape index (κ1) is 19.2. The fourth-order valence-corrected chi connectivity index (χ4v) is 3.45. The fraction of sp³-hybridized carbons (Fsp3) is 0.278. The number of hydrogen-bond donors (Lipinski definition) is 2. The van der Waals surface area contributed by atoms with Crippen LogP contribution in [0.2, 0.25) is 0 Å². The van der Waals surface area contributed by atoms with Crippen LogP contribution in [0.4, 0.5) is 0 Å². The highest BCUT2D eigenvalue weighted by Crippen LogP contribution is 2.32. The Morgan fingerprint density at radius 1 is 1.07 bits per heavy atom. The molecule has 0 saturated heterocycles. The molecule has 0 bridgehead atoms. The highest BCUT2D eigenvalue weighted by molar-refractivity contribution is 7.89. The molecule has 0 aromatic heterocycles. The Balaban J connectivity index is 1.69. The molecule has 2 aromatic carbocycles. The average molecular weight is 392 g/mol. The molecule has 27 heavy (non-hydrogen) atoms. The van der Waals surface area contributed by atoms with Crippen LogP contribution in [-0.4, -0.2) is 34.6 Å². The van der Waals surface area contributed by atoms with Crippen molar-refractivity contribution < 1.29 is 27.5 Å². The first-order valence-corrected chi connectivity index (χ1v) is 9.74. The Kier molecular flexibility index (Phi) is 5.64. The second-order valence-corrected chi connectivity index (χ2v) is 7.56. The number of carbonyl (C=O) groups excluding carboxylic acids is 1. The van der Waals surface area contributed by atoms with Gasteiger partial charge in [0.05, 0.1) is 18.0 Å². The third-order valence-electron chi connectivity index (χ3n) is 4.03. The normalized spacial score (nSPS) is 14.4. The van der Waals surface area contributed by atoms with Crippen molar-refractivity contribution >= 4 is 15.9 Å². The lowest BCUT2D eigenvalue weighted by atomic mass is 10.1. The summed E-state index contributed by atoms with van der Waals surface area (Å²) < 4.78 is 34.7. The number of nitrogens with one attached hydrogen (secondary N) is 2. The summed E-state index contributed by atoms with van der Waals surface area (Å²) in [4.78, 5) is 18.8. The van der Waals surface area contributed by atoms with E-state index in [1.54, 1.807) is 0 Å². The minimum atomic E-state index is -3.76. The number of benzene rings is 2. The van der Waals surface area contributed by atoms with E-state index in [-0.39, 0.29) is 16.8 Å². The van der Waals surface area contributed by atoms with Gasteiger partial charge in [0, 0.05) is 5.56 Å². The van der Waals surface area contributed by atoms with Gasteiger partial charge in [-0.05, 0) is 48.9 Å². The molecule has 0 spiro atoms. The molecule has 144 valence electrons. The third-order valence-corrected chi connectivity index (χ3v) is 5.31. The molecular weight excluding hydrogens is 372 g/mol. The molecule has 1 amide bonds. The van der Waals surface area contributed by atoms with Crippen molar-refractivity contribution in [3.63, 3.8) is 0 Å². The number of amides is 1. The van der Waals surface area contributed by atoms with Crippen molar-refractivity contribution in [3.8, 4) is 11.5 Å². The van der Waals surface area contributed by atoms with Gasteiger partial charge in [-0.25, -0.2) is 8.42 Å². The zero-order chi connectivity index (χ0) is 19.4. The van der Waals surface area contributed by atoms with Gasteiger partial charge in [0.25, 0.3) is 15.9 Å². The number of hydrogen-bond acceptors (Lipinski definition) is 6. The van der Waals surface area contributed by atoms with Crippen LogP contribution in [0.15, 0.2) is 47.4 Å². The lowest BCUT2D eigenvalue weighted by molar-refractivity contribution is 0.0939. The summed E-state index contributed by atoms with van der Waals surface area (Å²) in [6, 6.07) is 10.8. The molecule has 8 nitrogen and oxygen atoms in total. The minimum Gasteiger partial charge on any atom is -0.486 e. The van der Waals surface area contributed by atoms with E-state index in [1.807, 2.05) is 30.0 Å². The van der Waals surface area contributed by atoms with Gasteiger partial charge < -0.3 is 14.8 Å². The topological polar surface area (TPSA) is 103 Å². The van der Waals surface area contributed by atoms with Crippen LogP contribution in [0.3, 0.4) is 0 Å². The molecule has 2 N–H and O–H groups in total. The van der Waals surface area contributed by atoms with E-state index in [1.165, 1.54) is 31.4 Å². The smallest absolute Gasteiger partial charge is 0.262 e. The molecule has 0 radical (unpaired) electrons. The molecule has 0 fully saturated rings. The molecular formula is C18H20N2O6S. The Labute approximate surface area is 157 Å². The monoisotopic (exact) mass is 392 g/mol. The maximum Gasteiger partial charge on any atom is 0.262 e. The molecule has 1 atom stereocenters. The van der Waals surface area contributed by atoms with Crippen LogP contribution >= 0.6 is 0 Å². The maximum atomic E-state index is 12.4. The van der Waals surface area contributed by atoms with Gasteiger partial charge in [0.1, 0.15) is 13.2 Å². The van der Waals surface area contributed by atoms with Crippen molar-refractivity contribution in [1.82, 2.24) is 10.2 Å². The van der Waals surface area contributed by atoms with Gasteiger partial charge in [-0.1, -0.05) is 11.0 Å². The first-order chi connectivity index (χ1) is 12.9. The highest BCUT2D eigenvalue weighted by atomic mass is 32.2. The summed E-state index contributed by atoms with van der Waals surface area (Å²) in [5.41, 5.74) is 1.21. The number of carbonyl (C=O) groups is 1. The fourth-order valence-electron chi connectivity index (χ4n) is 2.64. The Morgan fingerprint density at radius 2 is 1.74 bits per heavy atom. The van der Waals surface area contributed by atoms with E-state index < -0.39 is 10.0 Å². The second kappa shape index (κ2) is 7.95. The Morgan fingerprint density at radius 3 is 2.41 bits per heavy atom. The second-order valence-electron chi connectivity index (χ2n) is 5.91. The van der Waals surface area contributed by atoms with Gasteiger partial charge in [-0.2, -0.15) is 0 Å². The van der Waals surface area contributed by atoms with Gasteiger partial charge >= 0.3 is 0 Å². The molecule has 0 saturated carbocycles. The SMILES string of the molecule is CONS(=O)(=O)c1ccc(C(=O)NC(C)c2ccc3c(c2)OCCO3)cc1. The van der Waals surface area contributed by atoms with Crippen LogP contribution < -0.4 is 19.7 Å². The summed E-state index contributed by atoms with van der Waals surface area (Å²) in [6.45, 7) is 2.86. The zero-order valence-corrected chi connectivity index (χ0v) is 15.7. The van der Waals surface area contributed by atoms with E-state index in [0.29, 0.717) is 30.3 Å². The van der Waals surface area contributed by atoms with Crippen molar-refractivity contribution in [2.45, 2.75) is 17.9 Å². The van der Waals surface area contributed by atoms with Gasteiger partial charge in [0.2, 0.25) is 0 Å². The van der Waals surface area contributed by atoms with Crippen LogP contribution in [0.25, 0.3) is 0 Å². The lowest BCUT2D eigenvalue weighted by Gasteiger charge is -2.21. The van der Waals surface area contributed by atoms with Gasteiger partial charge in [-0.3, -0.25) is 9.63 Å². The van der Waals surface area contributed by atoms with E-state index in [4.69, 9.17) is 9.47 Å². The van der Waals surface area contributed by atoms with Crippen LogP contribution in [-0.2, 0) is 14.9 Å². The van der Waals surface area contributed by atoms with E-state index in [2.05, 4.69) is 10.2 Å². The van der Waals surface area contributed by atoms with E-state index in [0.717, 1.165) is 5.56 Å². The molecule has 3 rings (SSSR count). The van der Waals surface area contributed by atoms with Crippen LogP contribution in [0.1, 0.15) is 28.9 Å². The predicted molar refractivity (Wildman–Crippen MR) is 97.1 cm³/mol. The van der Waals surface area contributed by atoms with Crippen molar-refractivity contribution in [2.75, 3.05) is 20.3 Å². The summed E-state index contributed by atoms with van der Waals surface area (Å²) in [5.74, 6) is 1.02. The highest BCUT2D eigenvalue weighted by Gasteiger charge is 2.18. The minimum absolute atomic E-state index is 0.000726. The molecule has 1 aliphatic heterocycles. The standard InChI is InChI=1S/C18H20N2O6S/c1-12(14-5-8-16-17(11-14)26-10-9-25-16)19-18(21)13-3-6-15(7-4-13)27(22,23)20-24-2/h3-8,11-12,20H,9-10H2,1-2H3,(H,19,21). The Hall–Kier alpha value is -2.62. The van der Waals surface area contributed by atoms with Gasteiger partial charge in [0.15, 0.2) is 11.5 Å². The van der Waals surface area contributed by atoms with Crippen molar-refractivity contribution in [3.05, 3.63) is 53.6 Å².